The van der Waals surface area contributed by atoms with Crippen LogP contribution in [0.5, 0.6) is 0 Å². The normalized spacial score (nSPS) is 15.9. The van der Waals surface area contributed by atoms with Gasteiger partial charge < -0.3 is 4.90 Å². The van der Waals surface area contributed by atoms with E-state index >= 15 is 0 Å². The van der Waals surface area contributed by atoms with Crippen molar-refractivity contribution in [1.29, 1.82) is 5.26 Å². The van der Waals surface area contributed by atoms with E-state index in [9.17, 15) is 4.79 Å². The van der Waals surface area contributed by atoms with Crippen molar-refractivity contribution in [2.45, 2.75) is 37.9 Å². The molecule has 1 aliphatic heterocycles. The molecule has 1 aromatic rings. The molecule has 2 rings (SSSR count). The van der Waals surface area contributed by atoms with Crippen LogP contribution in [0.3, 0.4) is 0 Å². The standard InChI is InChI=1S/C17H22N2OS/c18-12-15-6-8-16(9-7-15)13-21-14-17(20)19-10-4-2-1-3-5-11-19/h6-9H,1-5,10-11,13-14H2. The first-order valence-electron chi connectivity index (χ1n) is 7.64. The molecule has 21 heavy (non-hydrogen) atoms. The Morgan fingerprint density at radius 3 is 2.33 bits per heavy atom. The Morgan fingerprint density at radius 1 is 1.10 bits per heavy atom. The Bertz CT molecular complexity index is 485. The lowest BCUT2D eigenvalue weighted by molar-refractivity contribution is -0.128. The van der Waals surface area contributed by atoms with Crippen molar-refractivity contribution in [3.63, 3.8) is 0 Å². The molecule has 1 saturated heterocycles. The second-order valence-corrected chi connectivity index (χ2v) is 6.44. The predicted octanol–water partition coefficient (Wildman–Crippen LogP) is 3.58. The zero-order chi connectivity index (χ0) is 14.9. The number of nitrogens with zero attached hydrogens (tertiary/aromatic N) is 2. The molecular formula is C17H22N2OS. The van der Waals surface area contributed by atoms with Crippen molar-refractivity contribution in [2.24, 2.45) is 0 Å². The average Bonchev–Trinajstić information content (AvgIpc) is 2.47. The Balaban J connectivity index is 1.73. The van der Waals surface area contributed by atoms with Gasteiger partial charge in [-0.25, -0.2) is 0 Å². The van der Waals surface area contributed by atoms with E-state index in [-0.39, 0.29) is 5.91 Å². The maximum absolute atomic E-state index is 12.2. The number of likely N-dealkylation sites (tertiary alicyclic amines) is 1. The molecule has 1 heterocycles. The monoisotopic (exact) mass is 302 g/mol. The molecular weight excluding hydrogens is 280 g/mol. The first kappa shape index (κ1) is 15.9. The maximum atomic E-state index is 12.2. The van der Waals surface area contributed by atoms with Gasteiger partial charge in [-0.3, -0.25) is 4.79 Å². The summed E-state index contributed by atoms with van der Waals surface area (Å²) in [5, 5.41) is 8.76. The molecule has 1 aliphatic rings. The predicted molar refractivity (Wildman–Crippen MR) is 87.0 cm³/mol. The minimum absolute atomic E-state index is 0.274. The van der Waals surface area contributed by atoms with E-state index in [1.807, 2.05) is 29.2 Å². The molecule has 0 unspecified atom stereocenters. The van der Waals surface area contributed by atoms with E-state index < -0.39 is 0 Å². The third kappa shape index (κ3) is 5.43. The van der Waals surface area contributed by atoms with Gasteiger partial charge in [0.25, 0.3) is 0 Å². The van der Waals surface area contributed by atoms with Crippen LogP contribution >= 0.6 is 11.8 Å². The first-order valence-corrected chi connectivity index (χ1v) is 8.79. The second kappa shape index (κ2) is 8.74. The molecule has 0 radical (unpaired) electrons. The number of thioether (sulfide) groups is 1. The molecule has 0 saturated carbocycles. The first-order chi connectivity index (χ1) is 10.3. The lowest BCUT2D eigenvalue weighted by atomic mass is 10.1. The lowest BCUT2D eigenvalue weighted by Crippen LogP contribution is -2.35. The van der Waals surface area contributed by atoms with Crippen LogP contribution in [0.25, 0.3) is 0 Å². The van der Waals surface area contributed by atoms with Gasteiger partial charge in [0.15, 0.2) is 0 Å². The fourth-order valence-corrected chi connectivity index (χ4v) is 3.41. The van der Waals surface area contributed by atoms with E-state index in [4.69, 9.17) is 5.26 Å². The summed E-state index contributed by atoms with van der Waals surface area (Å²) in [5.74, 6) is 1.65. The number of carbonyl (C=O) groups excluding carboxylic acids is 1. The number of hydrogen-bond acceptors (Lipinski definition) is 3. The Morgan fingerprint density at radius 2 is 1.71 bits per heavy atom. The molecule has 0 aliphatic carbocycles. The highest BCUT2D eigenvalue weighted by molar-refractivity contribution is 7.99. The van der Waals surface area contributed by atoms with Crippen molar-refractivity contribution in [3.05, 3.63) is 35.4 Å². The maximum Gasteiger partial charge on any atom is 0.232 e. The summed E-state index contributed by atoms with van der Waals surface area (Å²) in [7, 11) is 0. The van der Waals surface area contributed by atoms with Crippen molar-refractivity contribution in [1.82, 2.24) is 4.90 Å². The summed E-state index contributed by atoms with van der Waals surface area (Å²) in [6.45, 7) is 1.85. The Labute approximate surface area is 131 Å². The smallest absolute Gasteiger partial charge is 0.232 e. The van der Waals surface area contributed by atoms with Gasteiger partial charge in [-0.1, -0.05) is 31.4 Å². The summed E-state index contributed by atoms with van der Waals surface area (Å²) in [4.78, 5) is 14.2. The van der Waals surface area contributed by atoms with Gasteiger partial charge in [0.05, 0.1) is 17.4 Å². The van der Waals surface area contributed by atoms with Crippen LogP contribution in [0.2, 0.25) is 0 Å². The molecule has 0 spiro atoms. The summed E-state index contributed by atoms with van der Waals surface area (Å²) < 4.78 is 0. The number of benzene rings is 1. The van der Waals surface area contributed by atoms with Crippen molar-refractivity contribution in [3.8, 4) is 6.07 Å². The number of carbonyl (C=O) groups is 1. The SMILES string of the molecule is N#Cc1ccc(CSCC(=O)N2CCCCCCC2)cc1. The van der Waals surface area contributed by atoms with Gasteiger partial charge in [0.1, 0.15) is 0 Å². The molecule has 0 bridgehead atoms. The zero-order valence-electron chi connectivity index (χ0n) is 12.4. The molecule has 1 aromatic carbocycles. The molecule has 1 fully saturated rings. The summed E-state index contributed by atoms with van der Waals surface area (Å²) >= 11 is 1.66. The minimum Gasteiger partial charge on any atom is -0.342 e. The van der Waals surface area contributed by atoms with Crippen LogP contribution in [0.4, 0.5) is 0 Å². The van der Waals surface area contributed by atoms with Crippen LogP contribution in [0.1, 0.15) is 43.2 Å². The molecule has 1 amide bonds. The highest BCUT2D eigenvalue weighted by Gasteiger charge is 2.14. The molecule has 0 atom stereocenters. The van der Waals surface area contributed by atoms with Gasteiger partial charge >= 0.3 is 0 Å². The highest BCUT2D eigenvalue weighted by Crippen LogP contribution is 2.15. The summed E-state index contributed by atoms with van der Waals surface area (Å²) in [5.41, 5.74) is 1.85. The molecule has 0 aromatic heterocycles. The van der Waals surface area contributed by atoms with E-state index in [1.54, 1.807) is 11.8 Å². The third-order valence-electron chi connectivity index (χ3n) is 3.79. The minimum atomic E-state index is 0.274. The van der Waals surface area contributed by atoms with E-state index in [0.717, 1.165) is 31.7 Å². The number of rotatable bonds is 4. The molecule has 4 heteroatoms. The van der Waals surface area contributed by atoms with E-state index in [1.165, 1.54) is 24.8 Å². The van der Waals surface area contributed by atoms with Crippen LogP contribution in [0, 0.1) is 11.3 Å². The Hall–Kier alpha value is -1.47. The highest BCUT2D eigenvalue weighted by atomic mass is 32.2. The largest absolute Gasteiger partial charge is 0.342 e. The Kier molecular flexibility index (Phi) is 6.62. The van der Waals surface area contributed by atoms with Crippen molar-refractivity contribution in [2.75, 3.05) is 18.8 Å². The van der Waals surface area contributed by atoms with Crippen LogP contribution in [-0.2, 0) is 10.5 Å². The number of hydrogen-bond donors (Lipinski definition) is 0. The fourth-order valence-electron chi connectivity index (χ4n) is 2.52. The molecule has 3 nitrogen and oxygen atoms in total. The van der Waals surface area contributed by atoms with E-state index in [0.29, 0.717) is 11.3 Å². The lowest BCUT2D eigenvalue weighted by Gasteiger charge is -2.24. The molecule has 0 N–H and O–H groups in total. The third-order valence-corrected chi connectivity index (χ3v) is 4.77. The topological polar surface area (TPSA) is 44.1 Å². The van der Waals surface area contributed by atoms with Gasteiger partial charge in [0.2, 0.25) is 5.91 Å². The van der Waals surface area contributed by atoms with Crippen molar-refractivity contribution >= 4 is 17.7 Å². The fraction of sp³-hybridized carbons (Fsp3) is 0.529. The number of nitriles is 1. The van der Waals surface area contributed by atoms with Crippen LogP contribution < -0.4 is 0 Å². The number of amides is 1. The zero-order valence-corrected chi connectivity index (χ0v) is 13.2. The molecule has 112 valence electrons. The summed E-state index contributed by atoms with van der Waals surface area (Å²) in [6, 6.07) is 9.70. The second-order valence-electron chi connectivity index (χ2n) is 5.45. The van der Waals surface area contributed by atoms with Gasteiger partial charge in [-0.2, -0.15) is 5.26 Å². The van der Waals surface area contributed by atoms with Gasteiger partial charge in [0, 0.05) is 18.8 Å². The van der Waals surface area contributed by atoms with Crippen LogP contribution in [0.15, 0.2) is 24.3 Å². The average molecular weight is 302 g/mol. The van der Waals surface area contributed by atoms with E-state index in [2.05, 4.69) is 6.07 Å². The van der Waals surface area contributed by atoms with Gasteiger partial charge in [-0.15, -0.1) is 11.8 Å². The quantitative estimate of drug-likeness (QED) is 0.854. The van der Waals surface area contributed by atoms with Crippen molar-refractivity contribution < 1.29 is 4.79 Å². The summed E-state index contributed by atoms with van der Waals surface area (Å²) in [6.07, 6.45) is 6.11. The van der Waals surface area contributed by atoms with Crippen LogP contribution in [-0.4, -0.2) is 29.6 Å². The van der Waals surface area contributed by atoms with Gasteiger partial charge in [-0.05, 0) is 30.5 Å².